The Hall–Kier alpha value is -3.14. The fourth-order valence-corrected chi connectivity index (χ4v) is 9.66. The van der Waals surface area contributed by atoms with E-state index in [9.17, 15) is 9.59 Å². The second-order valence-electron chi connectivity index (χ2n) is 26.4. The van der Waals surface area contributed by atoms with E-state index in [1.165, 1.54) is 0 Å². The van der Waals surface area contributed by atoms with Gasteiger partial charge in [-0.3, -0.25) is 4.79 Å². The topological polar surface area (TPSA) is 256 Å². The Bertz CT molecular complexity index is 1970. The number of hydrogen-bond donors (Lipinski definition) is 0. The molecule has 12 unspecified atom stereocenters. The third-order valence-corrected chi connectivity index (χ3v) is 16.3. The van der Waals surface area contributed by atoms with Gasteiger partial charge in [0.25, 0.3) is 6.47 Å². The molecule has 0 aliphatic carbocycles. The van der Waals surface area contributed by atoms with Gasteiger partial charge >= 0.3 is 5.97 Å². The van der Waals surface area contributed by atoms with Crippen LogP contribution in [0.5, 0.6) is 5.75 Å². The molecule has 12 atom stereocenters. The Kier molecular flexibility index (Phi) is 269. The van der Waals surface area contributed by atoms with Crippen LogP contribution >= 0.6 is 0 Å². The summed E-state index contributed by atoms with van der Waals surface area (Å²) in [6.07, 6.45) is 13.3. The molecular formula is C109H264O26. The number of rotatable bonds is 73. The van der Waals surface area contributed by atoms with E-state index in [0.29, 0.717) is 177 Å². The van der Waals surface area contributed by atoms with Crippen molar-refractivity contribution in [3.63, 3.8) is 0 Å². The van der Waals surface area contributed by atoms with Gasteiger partial charge in [0, 0.05) is 60.9 Å². The van der Waals surface area contributed by atoms with Gasteiger partial charge in [-0.1, -0.05) is 245 Å². The van der Waals surface area contributed by atoms with Crippen molar-refractivity contribution >= 4 is 12.4 Å². The van der Waals surface area contributed by atoms with E-state index in [0.717, 1.165) is 96.0 Å². The number of hydrogen-bond acceptors (Lipinski definition) is 26. The summed E-state index contributed by atoms with van der Waals surface area (Å²) in [5.74, 6) is 0.503. The van der Waals surface area contributed by atoms with Gasteiger partial charge in [-0.15, -0.1) is 0 Å². The van der Waals surface area contributed by atoms with E-state index in [4.69, 9.17) is 109 Å². The van der Waals surface area contributed by atoms with Crippen molar-refractivity contribution in [1.82, 2.24) is 0 Å². The highest BCUT2D eigenvalue weighted by Crippen LogP contribution is 2.18. The molecule has 0 fully saturated rings. The van der Waals surface area contributed by atoms with Crippen molar-refractivity contribution < 1.29 is 123 Å². The van der Waals surface area contributed by atoms with Crippen molar-refractivity contribution in [2.24, 2.45) is 0 Å². The minimum Gasteiger partial charge on any atom is -0.491 e. The summed E-state index contributed by atoms with van der Waals surface area (Å²) in [6, 6.07) is 9.79. The lowest BCUT2D eigenvalue weighted by Crippen LogP contribution is -2.29. The van der Waals surface area contributed by atoms with Crippen molar-refractivity contribution in [1.29, 1.82) is 0 Å². The summed E-state index contributed by atoms with van der Waals surface area (Å²) in [5, 5.41) is 0. The highest BCUT2D eigenvalue weighted by Gasteiger charge is 2.21. The first-order chi connectivity index (χ1) is 53.6. The lowest BCUT2D eigenvalue weighted by atomic mass is 10.0. The highest BCUT2D eigenvalue weighted by molar-refractivity contribution is 5.86. The summed E-state index contributed by atoms with van der Waals surface area (Å²) in [5.41, 5.74) is 0.400. The number of carbonyl (C=O) groups excluding carboxylic acids is 2. The van der Waals surface area contributed by atoms with Crippen LogP contribution in [0.3, 0.4) is 0 Å². The Morgan fingerprint density at radius 2 is 0.526 bits per heavy atom. The minimum atomic E-state index is -0.377. The number of ether oxygens (including phenoxy) is 24. The highest BCUT2D eigenvalue weighted by atomic mass is 16.6. The third-order valence-electron chi connectivity index (χ3n) is 16.3. The van der Waals surface area contributed by atoms with Crippen molar-refractivity contribution in [2.45, 2.75) is 459 Å². The van der Waals surface area contributed by atoms with Crippen LogP contribution in [-0.2, 0) is 119 Å². The molecule has 1 aromatic rings. The molecule has 1 aromatic carbocycles. The molecule has 0 radical (unpaired) electrons. The van der Waals surface area contributed by atoms with Crippen LogP contribution in [0.15, 0.2) is 42.5 Å². The van der Waals surface area contributed by atoms with E-state index >= 15 is 0 Å². The predicted octanol–water partition coefficient (Wildman–Crippen LogP) is 29.9. The van der Waals surface area contributed by atoms with Crippen LogP contribution in [0.1, 0.15) is 380 Å². The third kappa shape index (κ3) is 165. The molecule has 0 aliphatic rings. The molecule has 0 aliphatic heterocycles. The second-order valence-corrected chi connectivity index (χ2v) is 26.4. The molecule has 0 aromatic heterocycles. The molecule has 0 N–H and O–H groups in total. The molecule has 0 saturated carbocycles. The number of methoxy groups -OCH3 is 5. The normalized spacial score (nSPS) is 11.8. The van der Waals surface area contributed by atoms with Crippen molar-refractivity contribution in [2.75, 3.05) is 214 Å². The Morgan fingerprint density at radius 1 is 0.281 bits per heavy atom. The molecule has 0 heterocycles. The molecule has 1 rings (SSSR count). The maximum atomic E-state index is 11.2. The van der Waals surface area contributed by atoms with Gasteiger partial charge in [0.2, 0.25) is 0 Å². The van der Waals surface area contributed by atoms with Gasteiger partial charge < -0.3 is 114 Å². The van der Waals surface area contributed by atoms with Gasteiger partial charge in [-0.05, 0) is 172 Å². The number of benzene rings is 1. The predicted molar refractivity (Wildman–Crippen MR) is 602 cm³/mol. The van der Waals surface area contributed by atoms with E-state index in [2.05, 4.69) is 80.6 Å². The van der Waals surface area contributed by atoms with Crippen molar-refractivity contribution in [3.8, 4) is 5.75 Å². The average Bonchev–Trinajstić information content (AvgIpc) is 0.950. The molecular weight excluding hydrogens is 1730 g/mol. The summed E-state index contributed by atoms with van der Waals surface area (Å²) < 4.78 is 130. The average molecular weight is 1990 g/mol. The molecule has 135 heavy (non-hydrogen) atoms. The Balaban J connectivity index is -0.0000000367. The summed E-state index contributed by atoms with van der Waals surface area (Å²) in [6.45, 7) is 56.3. The fraction of sp³-hybridized carbons (Fsp3) is 0.908. The molecule has 0 bridgehead atoms. The zero-order valence-electron chi connectivity index (χ0n) is 74.4. The van der Waals surface area contributed by atoms with E-state index in [1.807, 2.05) is 78.8 Å². The molecule has 26 heteroatoms. The Morgan fingerprint density at radius 3 is 0.793 bits per heavy atom. The fourth-order valence-electron chi connectivity index (χ4n) is 9.66. The maximum absolute atomic E-state index is 11.2. The van der Waals surface area contributed by atoms with Crippen LogP contribution < -0.4 is 4.74 Å². The van der Waals surface area contributed by atoms with E-state index in [-0.39, 0.29) is 264 Å². The van der Waals surface area contributed by atoms with Crippen LogP contribution in [0.25, 0.3) is 0 Å². The summed E-state index contributed by atoms with van der Waals surface area (Å²) in [7, 11) is 8.39. The zero-order chi connectivity index (χ0) is 84.0. The second kappa shape index (κ2) is 170. The zero-order valence-corrected chi connectivity index (χ0v) is 74.4. The first-order valence-electron chi connectivity index (χ1n) is 41.3. The van der Waals surface area contributed by atoms with Gasteiger partial charge in [-0.25, -0.2) is 4.79 Å². The quantitative estimate of drug-likeness (QED) is 0.0254. The van der Waals surface area contributed by atoms with Gasteiger partial charge in [0.1, 0.15) is 25.6 Å². The number of carbonyl (C=O) groups is 2. The first kappa shape index (κ1) is 213. The summed E-state index contributed by atoms with van der Waals surface area (Å²) in [4.78, 5) is 21.1. The van der Waals surface area contributed by atoms with Gasteiger partial charge in [-0.2, -0.15) is 0 Å². The molecule has 0 spiro atoms. The van der Waals surface area contributed by atoms with Crippen molar-refractivity contribution in [3.05, 3.63) is 42.5 Å². The maximum Gasteiger partial charge on any atom is 0.333 e. The van der Waals surface area contributed by atoms with Gasteiger partial charge in [0.05, 0.1) is 218 Å². The molecule has 856 valence electrons. The lowest BCUT2D eigenvalue weighted by molar-refractivity contribution is -0.141. The molecule has 26 nitrogen and oxygen atoms in total. The van der Waals surface area contributed by atoms with Crippen LogP contribution in [0, 0.1) is 0 Å². The van der Waals surface area contributed by atoms with Crippen LogP contribution in [0.2, 0.25) is 0 Å². The lowest BCUT2D eigenvalue weighted by Gasteiger charge is -2.26. The minimum absolute atomic E-state index is 0. The van der Waals surface area contributed by atoms with Crippen LogP contribution in [0.4, 0.5) is 0 Å². The SMILES string of the molecule is C.C.C.C.C.C.C.C.C.C.C.C.C.C.C.C.C.C.C.C.C.C.C.C.C=C(C)C(=O)OCCOC(CC)CC(C)OCCOC.CCC(C)OC.CCC(CC(C)OCCOC)OCCOC=O.CCC(CC(C)OCCOC)OCCOc1ccccc1.CCOCCOC(CC)CC(C)OCCOC.CCOCCOCCOC(CC)CC(CC(C)OCCOC(C)C)OCCOCC. The largest absolute Gasteiger partial charge is 0.491 e. The smallest absolute Gasteiger partial charge is 0.333 e. The van der Waals surface area contributed by atoms with E-state index in [1.54, 1.807) is 42.5 Å². The number of para-hydroxylation sites is 1. The number of esters is 1. The summed E-state index contributed by atoms with van der Waals surface area (Å²) >= 11 is 0. The molecule has 0 amide bonds. The first-order valence-corrected chi connectivity index (χ1v) is 41.3. The Labute approximate surface area is 853 Å². The van der Waals surface area contributed by atoms with Gasteiger partial charge in [0.15, 0.2) is 0 Å². The van der Waals surface area contributed by atoms with E-state index < -0.39 is 0 Å². The standard InChI is InChI=1S/C23H48O7.C17H28O4.C15H28O5.C13H28O4.C12H24O5.C5H12O.24CH4/c1-7-22(29-15-13-26-11-10-24-8-2)19-23(30-14-12-25-9-3)18-21(6)28-17-16-27-20(4)5;1-4-16(14-15(2)19-11-10-18-3)20-12-13-21-17-8-6-5-7-9-17;1-6-14(11-13(4)18-8-7-17-5)19-9-10-20-15(16)12(2)3;1-5-13(17-10-8-15-6-2)11-12(3)16-9-7-14-4;1-4-12(17-8-6-15-10-13)9-11(2)16-7-5-14-3;1-4-5(2)6-3;;;;;;;;;;;;;;;;;;;;;;;;/h20-23H,7-19H2,1-6H3;5-9,15-16H,4,10-14H2,1-3H3;13-14H,2,6-11H2,1,3-5H3;12-13H,5-11H2,1-4H3;10-12H,4-9H2,1-3H3;5H,4H2,1-3H3;24*1H4. The van der Waals surface area contributed by atoms with Crippen LogP contribution in [-0.4, -0.2) is 306 Å². The molecule has 0 saturated heterocycles. The monoisotopic (exact) mass is 1990 g/mol.